The van der Waals surface area contributed by atoms with Crippen LogP contribution < -0.4 is 20.7 Å². The fraction of sp³-hybridized carbons (Fsp3) is 0.143. The number of likely N-dealkylation sites (N-methyl/N-ethyl adjacent to an activating group) is 1. The summed E-state index contributed by atoms with van der Waals surface area (Å²) in [7, 11) is 1.51. The minimum Gasteiger partial charge on any atom is -0.439 e. The summed E-state index contributed by atoms with van der Waals surface area (Å²) in [4.78, 5) is 31.7. The molecule has 0 aliphatic rings. The number of anilines is 2. The van der Waals surface area contributed by atoms with Gasteiger partial charge in [-0.2, -0.15) is 18.2 Å². The third-order valence-electron chi connectivity index (χ3n) is 4.14. The van der Waals surface area contributed by atoms with Crippen molar-refractivity contribution in [2.75, 3.05) is 17.7 Å². The molecule has 0 fully saturated rings. The Hall–Kier alpha value is -3.86. The number of carbonyl (C=O) groups excluding carboxylic acids is 2. The van der Waals surface area contributed by atoms with Crippen LogP contribution in [0.15, 0.2) is 54.7 Å². The highest BCUT2D eigenvalue weighted by atomic mass is 35.5. The molecule has 0 saturated carbocycles. The molecular weight excluding hydrogens is 463 g/mol. The smallest absolute Gasteiger partial charge is 0.417 e. The maximum absolute atomic E-state index is 13.0. The Morgan fingerprint density at radius 3 is 2.36 bits per heavy atom. The predicted molar refractivity (Wildman–Crippen MR) is 115 cm³/mol. The molecule has 8 nitrogen and oxygen atoms in total. The number of rotatable bonds is 6. The molecule has 3 rings (SSSR count). The van der Waals surface area contributed by atoms with Crippen LogP contribution in [0.4, 0.5) is 29.3 Å². The van der Waals surface area contributed by atoms with E-state index < -0.39 is 22.8 Å². The van der Waals surface area contributed by atoms with Gasteiger partial charge < -0.3 is 20.7 Å². The molecule has 0 aliphatic heterocycles. The maximum atomic E-state index is 13.0. The average molecular weight is 480 g/mol. The molecule has 3 N–H and O–H groups in total. The van der Waals surface area contributed by atoms with E-state index in [1.54, 1.807) is 12.1 Å². The lowest BCUT2D eigenvalue weighted by atomic mass is 10.2. The number of benzene rings is 2. The number of urea groups is 1. The minimum absolute atomic E-state index is 0.00372. The summed E-state index contributed by atoms with van der Waals surface area (Å²) in [5.74, 6) is 0.676. The molecule has 0 saturated heterocycles. The second-order valence-electron chi connectivity index (χ2n) is 6.56. The van der Waals surface area contributed by atoms with Gasteiger partial charge in [-0.3, -0.25) is 4.79 Å². The topological polar surface area (TPSA) is 105 Å². The largest absolute Gasteiger partial charge is 0.439 e. The van der Waals surface area contributed by atoms with Gasteiger partial charge in [-0.25, -0.2) is 9.78 Å². The van der Waals surface area contributed by atoms with Crippen molar-refractivity contribution in [1.29, 1.82) is 0 Å². The fourth-order valence-corrected chi connectivity index (χ4v) is 2.82. The van der Waals surface area contributed by atoms with E-state index in [4.69, 9.17) is 16.3 Å². The van der Waals surface area contributed by atoms with Crippen LogP contribution in [0.1, 0.15) is 11.4 Å². The molecule has 172 valence electrons. The number of halogens is 4. The summed E-state index contributed by atoms with van der Waals surface area (Å²) in [5.41, 5.74) is -0.750. The lowest BCUT2D eigenvalue weighted by Crippen LogP contribution is -2.21. The van der Waals surface area contributed by atoms with Crippen molar-refractivity contribution < 1.29 is 27.5 Å². The zero-order chi connectivity index (χ0) is 24.0. The first-order valence-corrected chi connectivity index (χ1v) is 9.77. The minimum atomic E-state index is -4.64. The number of alkyl halides is 3. The van der Waals surface area contributed by atoms with Crippen LogP contribution in [0.5, 0.6) is 11.6 Å². The molecule has 12 heteroatoms. The van der Waals surface area contributed by atoms with Gasteiger partial charge in [0.25, 0.3) is 0 Å². The van der Waals surface area contributed by atoms with Crippen molar-refractivity contribution in [1.82, 2.24) is 15.3 Å². The SMILES string of the molecule is CNC(=O)Cc1nccc(Oc2ccc(NC(=O)Nc3ccc(Cl)c(C(F)(F)F)c3)cc2)n1. The lowest BCUT2D eigenvalue weighted by Gasteiger charge is -2.12. The third-order valence-corrected chi connectivity index (χ3v) is 4.47. The first-order chi connectivity index (χ1) is 15.6. The number of carbonyl (C=O) groups is 2. The van der Waals surface area contributed by atoms with Crippen LogP contribution in [-0.2, 0) is 17.4 Å². The van der Waals surface area contributed by atoms with E-state index in [2.05, 4.69) is 25.9 Å². The highest BCUT2D eigenvalue weighted by Gasteiger charge is 2.33. The van der Waals surface area contributed by atoms with E-state index >= 15 is 0 Å². The van der Waals surface area contributed by atoms with Crippen molar-refractivity contribution in [2.24, 2.45) is 0 Å². The number of ether oxygens (including phenoxy) is 1. The van der Waals surface area contributed by atoms with Crippen LogP contribution in [0, 0.1) is 0 Å². The monoisotopic (exact) mass is 479 g/mol. The molecule has 0 atom stereocenters. The Balaban J connectivity index is 1.60. The molecule has 2 aromatic carbocycles. The Labute approximate surface area is 191 Å². The fourth-order valence-electron chi connectivity index (χ4n) is 2.60. The summed E-state index contributed by atoms with van der Waals surface area (Å²) >= 11 is 5.57. The van der Waals surface area contributed by atoms with Crippen molar-refractivity contribution in [2.45, 2.75) is 12.6 Å². The van der Waals surface area contributed by atoms with Gasteiger partial charge >= 0.3 is 12.2 Å². The van der Waals surface area contributed by atoms with Gasteiger partial charge in [0.05, 0.1) is 17.0 Å². The zero-order valence-electron chi connectivity index (χ0n) is 17.0. The number of amides is 3. The highest BCUT2D eigenvalue weighted by molar-refractivity contribution is 6.31. The molecule has 3 amide bonds. The average Bonchev–Trinajstić information content (AvgIpc) is 2.76. The molecule has 1 heterocycles. The summed E-state index contributed by atoms with van der Waals surface area (Å²) in [6.45, 7) is 0. The summed E-state index contributed by atoms with van der Waals surface area (Å²) in [5, 5.41) is 6.83. The molecule has 1 aromatic heterocycles. The van der Waals surface area contributed by atoms with Gasteiger partial charge in [0.15, 0.2) is 0 Å². The summed E-state index contributed by atoms with van der Waals surface area (Å²) in [6.07, 6.45) is -3.18. The van der Waals surface area contributed by atoms with Crippen LogP contribution >= 0.6 is 11.6 Å². The molecule has 0 radical (unpaired) electrons. The molecule has 0 bridgehead atoms. The summed E-state index contributed by atoms with van der Waals surface area (Å²) < 4.78 is 44.5. The first kappa shape index (κ1) is 23.8. The van der Waals surface area contributed by atoms with Gasteiger partial charge in [-0.1, -0.05) is 11.6 Å². The van der Waals surface area contributed by atoms with Gasteiger partial charge in [-0.15, -0.1) is 0 Å². The van der Waals surface area contributed by atoms with Gasteiger partial charge in [0.1, 0.15) is 11.6 Å². The molecule has 3 aromatic rings. The lowest BCUT2D eigenvalue weighted by molar-refractivity contribution is -0.137. The highest BCUT2D eigenvalue weighted by Crippen LogP contribution is 2.36. The first-order valence-electron chi connectivity index (χ1n) is 9.39. The van der Waals surface area contributed by atoms with Crippen molar-refractivity contribution in [3.05, 3.63) is 71.1 Å². The zero-order valence-corrected chi connectivity index (χ0v) is 17.8. The number of nitrogens with zero attached hydrogens (tertiary/aromatic N) is 2. The van der Waals surface area contributed by atoms with E-state index in [1.807, 2.05) is 0 Å². The van der Waals surface area contributed by atoms with Gasteiger partial charge in [-0.05, 0) is 42.5 Å². The van der Waals surface area contributed by atoms with E-state index in [0.29, 0.717) is 11.4 Å². The maximum Gasteiger partial charge on any atom is 0.417 e. The van der Waals surface area contributed by atoms with E-state index in [9.17, 15) is 22.8 Å². The third kappa shape index (κ3) is 6.81. The van der Waals surface area contributed by atoms with Crippen LogP contribution in [0.25, 0.3) is 0 Å². The Morgan fingerprint density at radius 2 is 1.70 bits per heavy atom. The van der Waals surface area contributed by atoms with Crippen molar-refractivity contribution in [3.63, 3.8) is 0 Å². The van der Waals surface area contributed by atoms with Crippen LogP contribution in [0.3, 0.4) is 0 Å². The van der Waals surface area contributed by atoms with Gasteiger partial charge in [0, 0.05) is 30.7 Å². The van der Waals surface area contributed by atoms with E-state index in [-0.39, 0.29) is 29.7 Å². The number of nitrogens with one attached hydrogen (secondary N) is 3. The van der Waals surface area contributed by atoms with Crippen molar-refractivity contribution in [3.8, 4) is 11.6 Å². The van der Waals surface area contributed by atoms with E-state index in [0.717, 1.165) is 12.1 Å². The standard InChI is InChI=1S/C21H17ClF3N5O3/c1-26-18(31)11-17-27-9-8-19(30-17)33-14-5-2-12(3-6-14)28-20(32)29-13-4-7-16(22)15(10-13)21(23,24)25/h2-10H,11H2,1H3,(H,26,31)(H2,28,29,32). The van der Waals surface area contributed by atoms with E-state index in [1.165, 1.54) is 37.5 Å². The summed E-state index contributed by atoms with van der Waals surface area (Å²) in [6, 6.07) is 10.0. The molecule has 33 heavy (non-hydrogen) atoms. The van der Waals surface area contributed by atoms with Crippen molar-refractivity contribution >= 4 is 34.9 Å². The molecular formula is C21H17ClF3N5O3. The molecule has 0 spiro atoms. The number of aromatic nitrogens is 2. The molecule has 0 unspecified atom stereocenters. The van der Waals surface area contributed by atoms with Crippen LogP contribution in [-0.4, -0.2) is 29.0 Å². The second kappa shape index (κ2) is 10.2. The molecule has 0 aliphatic carbocycles. The number of hydrogen-bond donors (Lipinski definition) is 3. The Kier molecular flexibility index (Phi) is 7.34. The second-order valence-corrected chi connectivity index (χ2v) is 6.97. The quantitative estimate of drug-likeness (QED) is 0.467. The van der Waals surface area contributed by atoms with Crippen LogP contribution in [0.2, 0.25) is 5.02 Å². The normalized spacial score (nSPS) is 10.9. The Morgan fingerprint density at radius 1 is 1.03 bits per heavy atom. The predicted octanol–water partition coefficient (Wildman–Crippen LogP) is 4.87. The van der Waals surface area contributed by atoms with Gasteiger partial charge in [0.2, 0.25) is 11.8 Å². The number of hydrogen-bond acceptors (Lipinski definition) is 5. The Bertz CT molecular complexity index is 1160.